The van der Waals surface area contributed by atoms with Crippen LogP contribution in [0.3, 0.4) is 0 Å². The SMILES string of the molecule is Cc1cccc2c1CC1CC(CN)CCN21. The fourth-order valence-corrected chi connectivity index (χ4v) is 3.32. The number of fused-ring (bicyclic) bond motifs is 3. The second kappa shape index (κ2) is 3.77. The van der Waals surface area contributed by atoms with E-state index in [0.717, 1.165) is 18.5 Å². The maximum absolute atomic E-state index is 5.80. The summed E-state index contributed by atoms with van der Waals surface area (Å²) < 4.78 is 0. The zero-order valence-corrected chi connectivity index (χ0v) is 9.95. The molecule has 2 nitrogen and oxygen atoms in total. The van der Waals surface area contributed by atoms with Crippen LogP contribution in [-0.4, -0.2) is 19.1 Å². The van der Waals surface area contributed by atoms with E-state index in [0.29, 0.717) is 0 Å². The van der Waals surface area contributed by atoms with Crippen LogP contribution in [0.5, 0.6) is 0 Å². The fraction of sp³-hybridized carbons (Fsp3) is 0.571. The first-order valence-corrected chi connectivity index (χ1v) is 6.35. The standard InChI is InChI=1S/C14H20N2/c1-10-3-2-4-14-13(10)8-12-7-11(9-15)5-6-16(12)14/h2-4,11-12H,5-9,15H2,1H3. The number of anilines is 1. The van der Waals surface area contributed by atoms with E-state index in [4.69, 9.17) is 5.73 Å². The zero-order chi connectivity index (χ0) is 11.1. The summed E-state index contributed by atoms with van der Waals surface area (Å²) in [6.45, 7) is 4.29. The summed E-state index contributed by atoms with van der Waals surface area (Å²) in [6, 6.07) is 7.42. The molecule has 86 valence electrons. The van der Waals surface area contributed by atoms with E-state index in [1.54, 1.807) is 5.56 Å². The van der Waals surface area contributed by atoms with Gasteiger partial charge in [-0.25, -0.2) is 0 Å². The quantitative estimate of drug-likeness (QED) is 0.779. The highest BCUT2D eigenvalue weighted by Crippen LogP contribution is 2.39. The number of hydrogen-bond acceptors (Lipinski definition) is 2. The van der Waals surface area contributed by atoms with Gasteiger partial charge in [-0.1, -0.05) is 12.1 Å². The third kappa shape index (κ3) is 1.44. The van der Waals surface area contributed by atoms with Crippen molar-refractivity contribution < 1.29 is 0 Å². The van der Waals surface area contributed by atoms with Crippen LogP contribution in [0.2, 0.25) is 0 Å². The Kier molecular flexibility index (Phi) is 2.40. The van der Waals surface area contributed by atoms with Crippen LogP contribution in [0, 0.1) is 12.8 Å². The first kappa shape index (κ1) is 10.2. The molecule has 1 fully saturated rings. The smallest absolute Gasteiger partial charge is 0.0404 e. The van der Waals surface area contributed by atoms with E-state index < -0.39 is 0 Å². The Balaban J connectivity index is 1.90. The number of nitrogens with zero attached hydrogens (tertiary/aromatic N) is 1. The van der Waals surface area contributed by atoms with Crippen molar-refractivity contribution >= 4 is 5.69 Å². The number of rotatable bonds is 1. The van der Waals surface area contributed by atoms with E-state index in [-0.39, 0.29) is 0 Å². The lowest BCUT2D eigenvalue weighted by Gasteiger charge is -2.36. The number of piperidine rings is 1. The molecule has 2 aliphatic rings. The van der Waals surface area contributed by atoms with E-state index in [1.807, 2.05) is 0 Å². The molecule has 0 spiro atoms. The summed E-state index contributed by atoms with van der Waals surface area (Å²) >= 11 is 0. The molecule has 2 heterocycles. The van der Waals surface area contributed by atoms with Crippen LogP contribution in [0.25, 0.3) is 0 Å². The van der Waals surface area contributed by atoms with Crippen LogP contribution < -0.4 is 10.6 Å². The Morgan fingerprint density at radius 3 is 3.12 bits per heavy atom. The van der Waals surface area contributed by atoms with Crippen molar-refractivity contribution in [1.29, 1.82) is 0 Å². The molecule has 2 atom stereocenters. The first-order valence-electron chi connectivity index (χ1n) is 6.35. The highest BCUT2D eigenvalue weighted by molar-refractivity contribution is 5.62. The van der Waals surface area contributed by atoms with Crippen molar-refractivity contribution in [3.8, 4) is 0 Å². The van der Waals surface area contributed by atoms with E-state index in [2.05, 4.69) is 30.0 Å². The van der Waals surface area contributed by atoms with Crippen LogP contribution in [0.4, 0.5) is 5.69 Å². The summed E-state index contributed by atoms with van der Waals surface area (Å²) in [7, 11) is 0. The molecular weight excluding hydrogens is 196 g/mol. The van der Waals surface area contributed by atoms with Crippen molar-refractivity contribution in [1.82, 2.24) is 0 Å². The van der Waals surface area contributed by atoms with Crippen LogP contribution in [-0.2, 0) is 6.42 Å². The van der Waals surface area contributed by atoms with Crippen molar-refractivity contribution in [3.05, 3.63) is 29.3 Å². The molecule has 2 unspecified atom stereocenters. The molecule has 0 saturated carbocycles. The second-order valence-electron chi connectivity index (χ2n) is 5.25. The number of benzene rings is 1. The Labute approximate surface area is 97.4 Å². The van der Waals surface area contributed by atoms with Gasteiger partial charge in [0.05, 0.1) is 0 Å². The molecule has 0 radical (unpaired) electrons. The lowest BCUT2D eigenvalue weighted by Crippen LogP contribution is -2.41. The largest absolute Gasteiger partial charge is 0.368 e. The van der Waals surface area contributed by atoms with Gasteiger partial charge < -0.3 is 10.6 Å². The lowest BCUT2D eigenvalue weighted by atomic mass is 9.90. The van der Waals surface area contributed by atoms with Crippen molar-refractivity contribution in [2.45, 2.75) is 32.2 Å². The van der Waals surface area contributed by atoms with Gasteiger partial charge in [-0.05, 0) is 55.8 Å². The van der Waals surface area contributed by atoms with Gasteiger partial charge in [0, 0.05) is 18.3 Å². The normalized spacial score (nSPS) is 27.8. The first-order chi connectivity index (χ1) is 7.79. The van der Waals surface area contributed by atoms with Crippen LogP contribution in [0.15, 0.2) is 18.2 Å². The Morgan fingerprint density at radius 2 is 2.31 bits per heavy atom. The minimum absolute atomic E-state index is 0.721. The molecule has 0 bridgehead atoms. The summed E-state index contributed by atoms with van der Waals surface area (Å²) in [5, 5.41) is 0. The fourth-order valence-electron chi connectivity index (χ4n) is 3.32. The van der Waals surface area contributed by atoms with Crippen molar-refractivity contribution in [2.24, 2.45) is 11.7 Å². The molecule has 0 amide bonds. The Morgan fingerprint density at radius 1 is 1.44 bits per heavy atom. The molecule has 1 aromatic rings. The van der Waals surface area contributed by atoms with Gasteiger partial charge in [-0.2, -0.15) is 0 Å². The van der Waals surface area contributed by atoms with Crippen molar-refractivity contribution in [3.63, 3.8) is 0 Å². The zero-order valence-electron chi connectivity index (χ0n) is 9.95. The highest BCUT2D eigenvalue weighted by atomic mass is 15.2. The van der Waals surface area contributed by atoms with Gasteiger partial charge in [-0.3, -0.25) is 0 Å². The number of hydrogen-bond donors (Lipinski definition) is 1. The minimum Gasteiger partial charge on any atom is -0.368 e. The van der Waals surface area contributed by atoms with E-state index >= 15 is 0 Å². The molecule has 3 rings (SSSR count). The predicted octanol–water partition coefficient (Wildman–Crippen LogP) is 2.09. The topological polar surface area (TPSA) is 29.3 Å². The van der Waals surface area contributed by atoms with Crippen LogP contribution in [0.1, 0.15) is 24.0 Å². The van der Waals surface area contributed by atoms with Crippen molar-refractivity contribution in [2.75, 3.05) is 18.0 Å². The summed E-state index contributed by atoms with van der Waals surface area (Å²) in [5.74, 6) is 0.746. The molecule has 16 heavy (non-hydrogen) atoms. The third-order valence-corrected chi connectivity index (χ3v) is 4.29. The van der Waals surface area contributed by atoms with Gasteiger partial charge in [0.2, 0.25) is 0 Å². The number of aryl methyl sites for hydroxylation is 1. The summed E-state index contributed by atoms with van der Waals surface area (Å²) in [4.78, 5) is 2.61. The molecule has 2 heteroatoms. The van der Waals surface area contributed by atoms with E-state index in [9.17, 15) is 0 Å². The van der Waals surface area contributed by atoms with Gasteiger partial charge >= 0.3 is 0 Å². The van der Waals surface area contributed by atoms with Gasteiger partial charge in [0.15, 0.2) is 0 Å². The monoisotopic (exact) mass is 216 g/mol. The molecular formula is C14H20N2. The maximum Gasteiger partial charge on any atom is 0.0404 e. The van der Waals surface area contributed by atoms with Gasteiger partial charge in [0.25, 0.3) is 0 Å². The maximum atomic E-state index is 5.80. The Hall–Kier alpha value is -1.02. The third-order valence-electron chi connectivity index (χ3n) is 4.29. The molecule has 2 N–H and O–H groups in total. The predicted molar refractivity (Wildman–Crippen MR) is 67.8 cm³/mol. The van der Waals surface area contributed by atoms with Gasteiger partial charge in [-0.15, -0.1) is 0 Å². The lowest BCUT2D eigenvalue weighted by molar-refractivity contribution is 0.357. The molecule has 1 aromatic carbocycles. The van der Waals surface area contributed by atoms with E-state index in [1.165, 1.54) is 37.1 Å². The van der Waals surface area contributed by atoms with Gasteiger partial charge in [0.1, 0.15) is 0 Å². The molecule has 0 aromatic heterocycles. The minimum atomic E-state index is 0.721. The molecule has 2 aliphatic heterocycles. The van der Waals surface area contributed by atoms with Crippen LogP contribution >= 0.6 is 0 Å². The summed E-state index contributed by atoms with van der Waals surface area (Å²) in [5.41, 5.74) is 10.3. The summed E-state index contributed by atoms with van der Waals surface area (Å²) in [6.07, 6.45) is 3.78. The average molecular weight is 216 g/mol. The number of nitrogens with two attached hydrogens (primary N) is 1. The molecule has 0 aliphatic carbocycles. The average Bonchev–Trinajstić information content (AvgIpc) is 2.68. The molecule has 1 saturated heterocycles. The highest BCUT2D eigenvalue weighted by Gasteiger charge is 2.34. The Bertz CT molecular complexity index is 400. The second-order valence-corrected chi connectivity index (χ2v) is 5.25.